The fraction of sp³-hybridized carbons (Fsp3) is 0.423. The lowest BCUT2D eigenvalue weighted by Gasteiger charge is -2.40. The Labute approximate surface area is 214 Å². The van der Waals surface area contributed by atoms with E-state index in [1.165, 1.54) is 0 Å². The third-order valence-electron chi connectivity index (χ3n) is 7.00. The van der Waals surface area contributed by atoms with Crippen molar-refractivity contribution in [1.82, 2.24) is 20.4 Å². The van der Waals surface area contributed by atoms with Gasteiger partial charge in [-0.05, 0) is 56.2 Å². The number of nitrogens with one attached hydrogen (secondary N) is 1. The third kappa shape index (κ3) is 5.72. The first kappa shape index (κ1) is 26.1. The summed E-state index contributed by atoms with van der Waals surface area (Å²) in [4.78, 5) is 42.2. The molecule has 2 aromatic heterocycles. The van der Waals surface area contributed by atoms with Gasteiger partial charge < -0.3 is 25.6 Å². The van der Waals surface area contributed by atoms with Gasteiger partial charge in [-0.25, -0.2) is 9.78 Å². The molecule has 2 saturated heterocycles. The van der Waals surface area contributed by atoms with Gasteiger partial charge in [-0.1, -0.05) is 23.4 Å². The van der Waals surface area contributed by atoms with E-state index in [0.29, 0.717) is 18.8 Å². The summed E-state index contributed by atoms with van der Waals surface area (Å²) < 4.78 is 5.35. The Morgan fingerprint density at radius 1 is 1.24 bits per heavy atom. The lowest BCUT2D eigenvalue weighted by molar-refractivity contribution is -0.122. The van der Waals surface area contributed by atoms with Gasteiger partial charge in [-0.2, -0.15) is 0 Å². The van der Waals surface area contributed by atoms with Gasteiger partial charge in [0.1, 0.15) is 11.6 Å². The highest BCUT2D eigenvalue weighted by Gasteiger charge is 2.35. The largest absolute Gasteiger partial charge is 0.483 e. The number of pyridine rings is 1. The van der Waals surface area contributed by atoms with Crippen LogP contribution in [0.2, 0.25) is 0 Å². The smallest absolute Gasteiger partial charge is 0.325 e. The van der Waals surface area contributed by atoms with E-state index >= 15 is 0 Å². The average molecular weight is 509 g/mol. The van der Waals surface area contributed by atoms with Gasteiger partial charge in [-0.3, -0.25) is 14.5 Å². The molecule has 2 aliphatic rings. The number of nitrogens with zero attached hydrogens (tertiary/aromatic N) is 4. The first-order chi connectivity index (χ1) is 17.9. The van der Waals surface area contributed by atoms with Gasteiger partial charge in [0.05, 0.1) is 6.04 Å². The predicted octanol–water partition coefficient (Wildman–Crippen LogP) is 2.89. The molecule has 4 heterocycles. The fourth-order valence-electron chi connectivity index (χ4n) is 5.15. The maximum absolute atomic E-state index is 14.0. The second-order valence-corrected chi connectivity index (χ2v) is 9.31. The van der Waals surface area contributed by atoms with E-state index in [0.717, 1.165) is 60.9 Å². The quantitative estimate of drug-likeness (QED) is 0.455. The standard InChI is InChI=1S/C25H30N6O3.CH2O2/c1-16-4-2-5-18-7-11-28-24(22(16)18)31(19-6-3-10-27-15-19)25(33)30-12-8-17(9-13-30)21-14-20(23(26)32)29-34-21;2-1-3/h2,4-5,7,11,14,17,19,27H,3,6,8-10,12-13,15H2,1H3,(H2,26,32);1H,(H,2,3)/t19-;/m1./s1. The fourth-order valence-corrected chi connectivity index (χ4v) is 5.15. The number of fused-ring (bicyclic) bond motifs is 1. The number of carboxylic acid groups (broad SMARTS) is 1. The van der Waals surface area contributed by atoms with Gasteiger partial charge in [-0.15, -0.1) is 0 Å². The lowest BCUT2D eigenvalue weighted by atomic mass is 9.94. The second-order valence-electron chi connectivity index (χ2n) is 9.31. The van der Waals surface area contributed by atoms with Gasteiger partial charge in [0, 0.05) is 43.2 Å². The molecule has 0 spiro atoms. The van der Waals surface area contributed by atoms with Crippen molar-refractivity contribution in [3.05, 3.63) is 53.5 Å². The molecule has 3 aromatic rings. The molecule has 11 nitrogen and oxygen atoms in total. The highest BCUT2D eigenvalue weighted by Crippen LogP contribution is 2.33. The number of urea groups is 1. The van der Waals surface area contributed by atoms with Crippen molar-refractivity contribution < 1.29 is 24.0 Å². The van der Waals surface area contributed by atoms with Crippen molar-refractivity contribution in [2.45, 2.75) is 44.6 Å². The Morgan fingerprint density at radius 3 is 2.65 bits per heavy atom. The number of carbonyl (C=O) groups is 3. The molecule has 0 saturated carbocycles. The summed E-state index contributed by atoms with van der Waals surface area (Å²) in [6.45, 7) is 4.72. The molecule has 0 bridgehead atoms. The predicted molar refractivity (Wildman–Crippen MR) is 138 cm³/mol. The number of primary amides is 1. The summed E-state index contributed by atoms with van der Waals surface area (Å²) in [5.74, 6) is 0.892. The molecule has 196 valence electrons. The second kappa shape index (κ2) is 11.8. The molecule has 37 heavy (non-hydrogen) atoms. The summed E-state index contributed by atoms with van der Waals surface area (Å²) in [5.41, 5.74) is 6.55. The Kier molecular flexibility index (Phi) is 8.34. The molecular formula is C26H32N6O5. The zero-order valence-corrected chi connectivity index (χ0v) is 20.8. The van der Waals surface area contributed by atoms with Crippen LogP contribution in [0.15, 0.2) is 41.1 Å². The monoisotopic (exact) mass is 508 g/mol. The van der Waals surface area contributed by atoms with Gasteiger partial charge in [0.15, 0.2) is 5.69 Å². The number of rotatable bonds is 4. The zero-order chi connectivity index (χ0) is 26.4. The number of benzene rings is 1. The minimum absolute atomic E-state index is 0.00852. The van der Waals surface area contributed by atoms with Crippen LogP contribution < -0.4 is 16.0 Å². The number of carbonyl (C=O) groups excluding carboxylic acids is 2. The molecule has 3 amide bonds. The Hall–Kier alpha value is -3.99. The number of amides is 3. The van der Waals surface area contributed by atoms with Crippen LogP contribution in [-0.2, 0) is 4.79 Å². The first-order valence-corrected chi connectivity index (χ1v) is 12.4. The number of nitrogens with two attached hydrogens (primary N) is 1. The Balaban J connectivity index is 0.00000102. The van der Waals surface area contributed by atoms with Crippen LogP contribution in [0, 0.1) is 6.92 Å². The van der Waals surface area contributed by atoms with Crippen molar-refractivity contribution in [1.29, 1.82) is 0 Å². The highest BCUT2D eigenvalue weighted by atomic mass is 16.5. The molecule has 2 fully saturated rings. The minimum atomic E-state index is -0.600. The van der Waals surface area contributed by atoms with Crippen molar-refractivity contribution in [3.8, 4) is 0 Å². The average Bonchev–Trinajstić information content (AvgIpc) is 3.41. The normalized spacial score (nSPS) is 18.1. The van der Waals surface area contributed by atoms with E-state index in [1.807, 2.05) is 21.9 Å². The zero-order valence-electron chi connectivity index (χ0n) is 20.8. The summed E-state index contributed by atoms with van der Waals surface area (Å²) in [6, 6.07) is 9.82. The molecule has 0 unspecified atom stereocenters. The van der Waals surface area contributed by atoms with Crippen LogP contribution in [0.4, 0.5) is 10.6 Å². The van der Waals surface area contributed by atoms with Crippen molar-refractivity contribution in [2.24, 2.45) is 5.73 Å². The molecule has 0 radical (unpaired) electrons. The maximum atomic E-state index is 14.0. The van der Waals surface area contributed by atoms with Crippen LogP contribution in [0.1, 0.15) is 53.4 Å². The van der Waals surface area contributed by atoms with Crippen LogP contribution in [0.25, 0.3) is 10.8 Å². The van der Waals surface area contributed by atoms with Crippen LogP contribution >= 0.6 is 0 Å². The lowest BCUT2D eigenvalue weighted by Crippen LogP contribution is -2.55. The van der Waals surface area contributed by atoms with Gasteiger partial charge in [0.25, 0.3) is 12.4 Å². The highest BCUT2D eigenvalue weighted by molar-refractivity contribution is 6.03. The van der Waals surface area contributed by atoms with Gasteiger partial charge >= 0.3 is 6.03 Å². The number of anilines is 1. The topological polar surface area (TPSA) is 155 Å². The number of likely N-dealkylation sites (tertiary alicyclic amines) is 1. The van der Waals surface area contributed by atoms with E-state index in [9.17, 15) is 9.59 Å². The van der Waals surface area contributed by atoms with Crippen LogP contribution in [0.5, 0.6) is 0 Å². The molecular weight excluding hydrogens is 476 g/mol. The van der Waals surface area contributed by atoms with Gasteiger partial charge in [0.2, 0.25) is 0 Å². The molecule has 5 rings (SSSR count). The summed E-state index contributed by atoms with van der Waals surface area (Å²) in [7, 11) is 0. The Bertz CT molecular complexity index is 1240. The number of aromatic nitrogens is 2. The molecule has 11 heteroatoms. The Morgan fingerprint density at radius 2 is 2.00 bits per heavy atom. The summed E-state index contributed by atoms with van der Waals surface area (Å²) in [6.07, 6.45) is 5.22. The first-order valence-electron chi connectivity index (χ1n) is 12.4. The van der Waals surface area contributed by atoms with Crippen molar-refractivity contribution in [3.63, 3.8) is 0 Å². The SMILES string of the molecule is Cc1cccc2ccnc(N(C(=O)N3CCC(c4cc(C(N)=O)no4)CC3)[C@@H]3CCCNC3)c12.O=CO. The molecule has 1 aromatic carbocycles. The number of piperidine rings is 2. The van der Waals surface area contributed by atoms with E-state index in [2.05, 4.69) is 29.5 Å². The number of hydrogen-bond acceptors (Lipinski definition) is 7. The van der Waals surface area contributed by atoms with E-state index in [4.69, 9.17) is 25.1 Å². The van der Waals surface area contributed by atoms with Crippen molar-refractivity contribution in [2.75, 3.05) is 31.1 Å². The molecule has 4 N–H and O–H groups in total. The number of aryl methyl sites for hydroxylation is 1. The van der Waals surface area contributed by atoms with Crippen LogP contribution in [-0.4, -0.2) is 70.8 Å². The molecule has 2 aliphatic heterocycles. The minimum Gasteiger partial charge on any atom is -0.483 e. The summed E-state index contributed by atoms with van der Waals surface area (Å²) >= 11 is 0. The van der Waals surface area contributed by atoms with E-state index < -0.39 is 5.91 Å². The van der Waals surface area contributed by atoms with Crippen LogP contribution in [0.3, 0.4) is 0 Å². The van der Waals surface area contributed by atoms with E-state index in [1.54, 1.807) is 12.3 Å². The van der Waals surface area contributed by atoms with E-state index in [-0.39, 0.29) is 30.2 Å². The summed E-state index contributed by atoms with van der Waals surface area (Å²) in [5, 5.41) is 16.2. The maximum Gasteiger partial charge on any atom is 0.325 e. The molecule has 0 aliphatic carbocycles. The number of hydrogen-bond donors (Lipinski definition) is 3. The van der Waals surface area contributed by atoms with Crippen molar-refractivity contribution >= 4 is 35.0 Å². The third-order valence-corrected chi connectivity index (χ3v) is 7.00. The molecule has 1 atom stereocenters.